The van der Waals surface area contributed by atoms with Crippen LogP contribution in [0.3, 0.4) is 0 Å². The molecule has 1 unspecified atom stereocenters. The second kappa shape index (κ2) is 4.11. The third-order valence-electron chi connectivity index (χ3n) is 1.79. The molecule has 0 aliphatic rings. The highest BCUT2D eigenvalue weighted by molar-refractivity contribution is 5.50. The maximum absolute atomic E-state index is 11.2. The van der Waals surface area contributed by atoms with Gasteiger partial charge in [0.2, 0.25) is 0 Å². The molecule has 1 aromatic rings. The van der Waals surface area contributed by atoms with E-state index < -0.39 is 0 Å². The third-order valence-corrected chi connectivity index (χ3v) is 1.79. The monoisotopic (exact) mass is 183 g/mol. The normalized spacial score (nSPS) is 12.3. The lowest BCUT2D eigenvalue weighted by Gasteiger charge is -2.18. The molecule has 0 amide bonds. The maximum Gasteiger partial charge on any atom is 0.180 e. The van der Waals surface area contributed by atoms with Crippen molar-refractivity contribution in [1.29, 1.82) is 0 Å². The molecule has 1 rings (SSSR count). The summed E-state index contributed by atoms with van der Waals surface area (Å²) in [6.45, 7) is 0. The average molecular weight is 183 g/mol. The Kier molecular flexibility index (Phi) is 3.11. The zero-order chi connectivity index (χ0) is 9.84. The van der Waals surface area contributed by atoms with Crippen molar-refractivity contribution >= 4 is 5.69 Å². The molecule has 4 nitrogen and oxygen atoms in total. The van der Waals surface area contributed by atoms with Crippen molar-refractivity contribution in [3.05, 3.63) is 23.4 Å². The second-order valence-electron chi connectivity index (χ2n) is 2.62. The molecule has 13 heavy (non-hydrogen) atoms. The van der Waals surface area contributed by atoms with E-state index in [1.54, 1.807) is 25.3 Å². The van der Waals surface area contributed by atoms with Crippen LogP contribution in [0.25, 0.3) is 0 Å². The summed E-state index contributed by atoms with van der Waals surface area (Å²) in [6, 6.07) is 5.14. The molecule has 0 fully saturated rings. The number of benzene rings is 1. The van der Waals surface area contributed by atoms with E-state index in [4.69, 9.17) is 9.47 Å². The van der Waals surface area contributed by atoms with Gasteiger partial charge in [-0.25, -0.2) is 0 Å². The Morgan fingerprint density at radius 3 is 2.38 bits per heavy atom. The number of hydrogen-bond acceptors (Lipinski definition) is 3. The van der Waals surface area contributed by atoms with Crippen LogP contribution < -0.4 is 14.5 Å². The number of methoxy groups -OCH3 is 2. The SMILES string of the molecule is COc1ccc(OC)c([NH+](C)[O-])c1. The summed E-state index contributed by atoms with van der Waals surface area (Å²) in [7, 11) is 4.59. The predicted molar refractivity (Wildman–Crippen MR) is 49.5 cm³/mol. The van der Waals surface area contributed by atoms with Gasteiger partial charge in [0, 0.05) is 6.07 Å². The Morgan fingerprint density at radius 2 is 1.92 bits per heavy atom. The van der Waals surface area contributed by atoms with Gasteiger partial charge in [-0.1, -0.05) is 0 Å². The van der Waals surface area contributed by atoms with E-state index in [9.17, 15) is 5.21 Å². The van der Waals surface area contributed by atoms with Crippen LogP contribution in [0.4, 0.5) is 5.69 Å². The lowest BCUT2D eigenvalue weighted by molar-refractivity contribution is -0.751. The van der Waals surface area contributed by atoms with Crippen molar-refractivity contribution in [2.75, 3.05) is 21.3 Å². The van der Waals surface area contributed by atoms with E-state index in [1.165, 1.54) is 14.2 Å². The first-order chi connectivity index (χ1) is 6.19. The molecule has 1 atom stereocenters. The maximum atomic E-state index is 11.2. The van der Waals surface area contributed by atoms with Crippen LogP contribution in [0, 0.1) is 5.21 Å². The van der Waals surface area contributed by atoms with Crippen LogP contribution in [0.5, 0.6) is 11.5 Å². The van der Waals surface area contributed by atoms with Crippen molar-refractivity contribution < 1.29 is 14.5 Å². The first-order valence-electron chi connectivity index (χ1n) is 3.92. The molecule has 0 spiro atoms. The fraction of sp³-hybridized carbons (Fsp3) is 0.333. The molecule has 0 heterocycles. The molecule has 0 aliphatic carbocycles. The van der Waals surface area contributed by atoms with Crippen molar-refractivity contribution in [3.63, 3.8) is 0 Å². The highest BCUT2D eigenvalue weighted by Gasteiger charge is 2.08. The van der Waals surface area contributed by atoms with Gasteiger partial charge in [0.05, 0.1) is 21.3 Å². The molecule has 0 radical (unpaired) electrons. The molecule has 1 aromatic carbocycles. The van der Waals surface area contributed by atoms with Crippen LogP contribution >= 0.6 is 0 Å². The Hall–Kier alpha value is -1.26. The second-order valence-corrected chi connectivity index (χ2v) is 2.62. The first-order valence-corrected chi connectivity index (χ1v) is 3.92. The number of rotatable bonds is 3. The third kappa shape index (κ3) is 2.11. The van der Waals surface area contributed by atoms with Crippen molar-refractivity contribution in [2.24, 2.45) is 0 Å². The van der Waals surface area contributed by atoms with Crippen LogP contribution in [-0.2, 0) is 0 Å². The number of nitrogens with one attached hydrogen (secondary N) is 1. The van der Waals surface area contributed by atoms with E-state index >= 15 is 0 Å². The van der Waals surface area contributed by atoms with E-state index in [1.807, 2.05) is 0 Å². The number of ether oxygens (including phenoxy) is 2. The molecule has 72 valence electrons. The minimum atomic E-state index is -0.0317. The summed E-state index contributed by atoms with van der Waals surface area (Å²) in [5, 5.41) is 11.1. The van der Waals surface area contributed by atoms with E-state index in [0.29, 0.717) is 17.2 Å². The standard InChI is InChI=1S/C9H13NO3/c1-10(11)8-6-7(12-2)4-5-9(8)13-3/h4-6,10H,1-3H3. The zero-order valence-corrected chi connectivity index (χ0v) is 7.96. The van der Waals surface area contributed by atoms with Gasteiger partial charge in [0.25, 0.3) is 0 Å². The lowest BCUT2D eigenvalue weighted by Crippen LogP contribution is -2.98. The summed E-state index contributed by atoms with van der Waals surface area (Å²) < 4.78 is 10.0. The molecular formula is C9H13NO3. The number of hydroxylamine groups is 1. The smallest absolute Gasteiger partial charge is 0.180 e. The summed E-state index contributed by atoms with van der Waals surface area (Å²) in [5.41, 5.74) is 0.543. The molecule has 0 aliphatic heterocycles. The van der Waals surface area contributed by atoms with Gasteiger partial charge in [-0.3, -0.25) is 0 Å². The fourth-order valence-electron chi connectivity index (χ4n) is 1.09. The average Bonchev–Trinajstić information content (AvgIpc) is 2.16. The van der Waals surface area contributed by atoms with Gasteiger partial charge < -0.3 is 19.7 Å². The van der Waals surface area contributed by atoms with Crippen LogP contribution in [0.2, 0.25) is 0 Å². The van der Waals surface area contributed by atoms with Crippen molar-refractivity contribution in [3.8, 4) is 11.5 Å². The topological polar surface area (TPSA) is 46.0 Å². The van der Waals surface area contributed by atoms with Crippen LogP contribution in [0.1, 0.15) is 0 Å². The highest BCUT2D eigenvalue weighted by atomic mass is 16.5. The minimum Gasteiger partial charge on any atom is -0.629 e. The van der Waals surface area contributed by atoms with E-state index in [0.717, 1.165) is 0 Å². The van der Waals surface area contributed by atoms with Crippen LogP contribution in [-0.4, -0.2) is 21.3 Å². The van der Waals surface area contributed by atoms with Crippen molar-refractivity contribution in [1.82, 2.24) is 0 Å². The highest BCUT2D eigenvalue weighted by Crippen LogP contribution is 2.25. The van der Waals surface area contributed by atoms with Crippen LogP contribution in [0.15, 0.2) is 18.2 Å². The Balaban J connectivity index is 3.10. The van der Waals surface area contributed by atoms with Gasteiger partial charge in [0.1, 0.15) is 5.75 Å². The summed E-state index contributed by atoms with van der Waals surface area (Å²) >= 11 is 0. The molecule has 0 bridgehead atoms. The molecule has 0 aromatic heterocycles. The van der Waals surface area contributed by atoms with Crippen molar-refractivity contribution in [2.45, 2.75) is 0 Å². The lowest BCUT2D eigenvalue weighted by atomic mass is 10.2. The van der Waals surface area contributed by atoms with E-state index in [2.05, 4.69) is 0 Å². The molecule has 0 saturated heterocycles. The first kappa shape index (κ1) is 9.83. The van der Waals surface area contributed by atoms with E-state index in [-0.39, 0.29) is 5.06 Å². The zero-order valence-electron chi connectivity index (χ0n) is 7.96. The Labute approximate surface area is 77.3 Å². The van der Waals surface area contributed by atoms with Gasteiger partial charge in [-0.15, -0.1) is 0 Å². The Bertz CT molecular complexity index is 286. The Morgan fingerprint density at radius 1 is 1.23 bits per heavy atom. The summed E-state index contributed by atoms with van der Waals surface area (Å²) in [6.07, 6.45) is 0. The van der Waals surface area contributed by atoms with Gasteiger partial charge in [-0.2, -0.15) is 0 Å². The molecule has 1 N–H and O–H groups in total. The summed E-state index contributed by atoms with van der Waals surface area (Å²) in [5.74, 6) is 1.24. The van der Waals surface area contributed by atoms with Gasteiger partial charge >= 0.3 is 0 Å². The molecular weight excluding hydrogens is 170 g/mol. The number of quaternary nitrogens is 1. The summed E-state index contributed by atoms with van der Waals surface area (Å²) in [4.78, 5) is 0. The molecule has 4 heteroatoms. The molecule has 0 saturated carbocycles. The van der Waals surface area contributed by atoms with Gasteiger partial charge in [0.15, 0.2) is 11.4 Å². The minimum absolute atomic E-state index is 0.0317. The largest absolute Gasteiger partial charge is 0.629 e. The van der Waals surface area contributed by atoms with Gasteiger partial charge in [-0.05, 0) is 12.1 Å². The predicted octanol–water partition coefficient (Wildman–Crippen LogP) is 0.348. The fourth-order valence-corrected chi connectivity index (χ4v) is 1.09. The quantitative estimate of drug-likeness (QED) is 0.688. The number of hydrogen-bond donors (Lipinski definition) is 1.